The second-order valence-corrected chi connectivity index (χ2v) is 6.66. The first-order valence-corrected chi connectivity index (χ1v) is 9.68. The normalized spacial score (nSPS) is 11.6. The van der Waals surface area contributed by atoms with E-state index in [-0.39, 0.29) is 0 Å². The van der Waals surface area contributed by atoms with Gasteiger partial charge in [-0.25, -0.2) is 4.57 Å². The molecule has 0 spiro atoms. The minimum atomic E-state index is -5.01. The van der Waals surface area contributed by atoms with Gasteiger partial charge in [0.15, 0.2) is 17.2 Å². The van der Waals surface area contributed by atoms with Crippen molar-refractivity contribution in [3.05, 3.63) is 41.5 Å². The molecule has 0 fully saturated rings. The fraction of sp³-hybridized carbons (Fsp3) is 0.222. The first kappa shape index (κ1) is 23.4. The lowest BCUT2D eigenvalue weighted by atomic mass is 10.1. The summed E-state index contributed by atoms with van der Waals surface area (Å²) in [5.41, 5.74) is 1.08. The summed E-state index contributed by atoms with van der Waals surface area (Å²) in [4.78, 5) is 22.0. The Bertz CT molecular complexity index is 918. The van der Waals surface area contributed by atoms with E-state index in [4.69, 9.17) is 24.0 Å². The highest BCUT2D eigenvalue weighted by Crippen LogP contribution is 2.40. The van der Waals surface area contributed by atoms with E-state index in [1.165, 1.54) is 33.5 Å². The molecule has 0 amide bonds. The van der Waals surface area contributed by atoms with E-state index < -0.39 is 25.9 Å². The molecule has 2 rings (SSSR count). The van der Waals surface area contributed by atoms with Crippen LogP contribution < -0.4 is 23.8 Å². The van der Waals surface area contributed by atoms with Crippen molar-refractivity contribution in [3.63, 3.8) is 0 Å². The first-order chi connectivity index (χ1) is 14.2. The van der Waals surface area contributed by atoms with Crippen molar-refractivity contribution in [3.8, 4) is 28.7 Å². The predicted octanol–water partition coefficient (Wildman–Crippen LogP) is 3.89. The molecule has 0 radical (unpaired) electrons. The highest BCUT2D eigenvalue weighted by atomic mass is 31.2. The molecule has 0 aromatic heterocycles. The van der Waals surface area contributed by atoms with Crippen LogP contribution in [0.25, 0.3) is 12.2 Å². The van der Waals surface area contributed by atoms with Crippen molar-refractivity contribution >= 4 is 20.0 Å². The van der Waals surface area contributed by atoms with Gasteiger partial charge in [-0.15, -0.1) is 0 Å². The fourth-order valence-electron chi connectivity index (χ4n) is 2.37. The number of rotatable bonds is 10. The molecule has 0 heterocycles. The molecule has 0 aliphatic carbocycles. The van der Waals surface area contributed by atoms with E-state index >= 15 is 0 Å². The van der Waals surface area contributed by atoms with Crippen molar-refractivity contribution in [2.45, 2.75) is 6.61 Å². The Morgan fingerprint density at radius 3 is 1.93 bits per heavy atom. The smallest absolute Gasteiger partial charge is 0.493 e. The van der Waals surface area contributed by atoms with Crippen molar-refractivity contribution in [2.24, 2.45) is 0 Å². The third kappa shape index (κ3) is 6.60. The lowest BCUT2D eigenvalue weighted by Crippen LogP contribution is -2.05. The van der Waals surface area contributed by atoms with Gasteiger partial charge in [0.25, 0.3) is 0 Å². The lowest BCUT2D eigenvalue weighted by Gasteiger charge is -2.13. The zero-order chi connectivity index (χ0) is 22.3. The monoisotopic (exact) mass is 448 g/mol. The van der Waals surface area contributed by atoms with E-state index in [1.54, 1.807) is 24.3 Å². The van der Waals surface area contributed by atoms with Crippen LogP contribution in [0.2, 0.25) is 0 Å². The molecule has 0 bridgehead atoms. The van der Waals surface area contributed by atoms with Crippen molar-refractivity contribution in [1.82, 2.24) is 0 Å². The molecule has 2 N–H and O–H groups in total. The molecule has 12 heteroatoms. The summed E-state index contributed by atoms with van der Waals surface area (Å²) >= 11 is 0. The summed E-state index contributed by atoms with van der Waals surface area (Å²) in [6.45, 7) is -3.18. The van der Waals surface area contributed by atoms with Crippen LogP contribution in [0.1, 0.15) is 11.1 Å². The van der Waals surface area contributed by atoms with Gasteiger partial charge in [0.1, 0.15) is 0 Å². The average Bonchev–Trinajstić information content (AvgIpc) is 2.69. The standard InChI is InChI=1S/C18H19F2O9P/c1-24-15-9-12(10-16(25-2)17(15)26-3)5-4-11-6-7-13(27-18(19)20)14(8-11)28-29-30(21,22)23/h4-10,18H,1-3H3,(H2,21,22,23)/b5-4-. The van der Waals surface area contributed by atoms with Crippen molar-refractivity contribution in [1.29, 1.82) is 0 Å². The van der Waals surface area contributed by atoms with E-state index in [0.29, 0.717) is 28.4 Å². The topological polar surface area (TPSA) is 113 Å². The van der Waals surface area contributed by atoms with Crippen molar-refractivity contribution < 1.29 is 51.6 Å². The van der Waals surface area contributed by atoms with Gasteiger partial charge in [-0.1, -0.05) is 22.9 Å². The van der Waals surface area contributed by atoms with Crippen LogP contribution in [0.15, 0.2) is 30.3 Å². The molecule has 0 saturated carbocycles. The minimum Gasteiger partial charge on any atom is -0.493 e. The Morgan fingerprint density at radius 1 is 0.867 bits per heavy atom. The SMILES string of the molecule is COc1cc(/C=C\c2ccc(OC(F)F)c(OOP(=O)(O)O)c2)cc(OC)c1OC. The third-order valence-corrected chi connectivity index (χ3v) is 3.83. The van der Waals surface area contributed by atoms with Gasteiger partial charge in [-0.05, 0) is 35.4 Å². The molecule has 2 aromatic carbocycles. The maximum Gasteiger partial charge on any atom is 0.505 e. The summed E-state index contributed by atoms with van der Waals surface area (Å²) in [5.74, 6) is 0.345. The number of methoxy groups -OCH3 is 3. The number of hydrogen-bond donors (Lipinski definition) is 2. The zero-order valence-electron chi connectivity index (χ0n) is 16.1. The van der Waals surface area contributed by atoms with Crippen molar-refractivity contribution in [2.75, 3.05) is 21.3 Å². The Hall–Kier alpha value is -2.85. The van der Waals surface area contributed by atoms with Crippen LogP contribution in [0.5, 0.6) is 28.7 Å². The van der Waals surface area contributed by atoms with Gasteiger partial charge in [-0.3, -0.25) is 0 Å². The summed E-state index contributed by atoms with van der Waals surface area (Å²) in [7, 11) is -0.601. The molecule has 0 atom stereocenters. The van der Waals surface area contributed by atoms with Gasteiger partial charge in [0.2, 0.25) is 11.5 Å². The second kappa shape index (κ2) is 10.3. The fourth-order valence-corrected chi connectivity index (χ4v) is 2.54. The van der Waals surface area contributed by atoms with E-state index in [1.807, 2.05) is 0 Å². The number of alkyl halides is 2. The van der Waals surface area contributed by atoms with Crippen LogP contribution >= 0.6 is 7.82 Å². The molecule has 164 valence electrons. The molecule has 0 aliphatic rings. The van der Waals surface area contributed by atoms with E-state index in [0.717, 1.165) is 6.07 Å². The molecule has 0 unspecified atom stereocenters. The summed E-state index contributed by atoms with van der Waals surface area (Å²) in [5, 5.41) is 0. The molecule has 0 aliphatic heterocycles. The lowest BCUT2D eigenvalue weighted by molar-refractivity contribution is -0.128. The molecule has 2 aromatic rings. The van der Waals surface area contributed by atoms with Gasteiger partial charge >= 0.3 is 14.4 Å². The van der Waals surface area contributed by atoms with Gasteiger partial charge in [0.05, 0.1) is 21.3 Å². The Balaban J connectivity index is 2.35. The number of hydrogen-bond acceptors (Lipinski definition) is 7. The van der Waals surface area contributed by atoms with Gasteiger partial charge in [0, 0.05) is 0 Å². The maximum atomic E-state index is 12.5. The summed E-state index contributed by atoms with van der Waals surface area (Å²) in [6, 6.07) is 7.12. The number of phosphoric acid groups is 1. The van der Waals surface area contributed by atoms with E-state index in [2.05, 4.69) is 14.3 Å². The van der Waals surface area contributed by atoms with Gasteiger partial charge in [-0.2, -0.15) is 8.78 Å². The second-order valence-electron chi connectivity index (χ2n) is 5.53. The number of benzene rings is 2. The zero-order valence-corrected chi connectivity index (χ0v) is 17.0. The highest BCUT2D eigenvalue weighted by molar-refractivity contribution is 7.46. The van der Waals surface area contributed by atoms with Crippen LogP contribution in [0.4, 0.5) is 8.78 Å². The quantitative estimate of drug-likeness (QED) is 0.242. The molecule has 0 saturated heterocycles. The number of ether oxygens (including phenoxy) is 4. The third-order valence-electron chi connectivity index (χ3n) is 3.56. The average molecular weight is 448 g/mol. The number of halogens is 2. The molecular formula is C18H19F2O9P. The Kier molecular flexibility index (Phi) is 8.01. The van der Waals surface area contributed by atoms with E-state index in [9.17, 15) is 13.3 Å². The highest BCUT2D eigenvalue weighted by Gasteiger charge is 2.20. The Morgan fingerprint density at radius 2 is 1.43 bits per heavy atom. The first-order valence-electron chi connectivity index (χ1n) is 8.15. The molecular weight excluding hydrogens is 429 g/mol. The predicted molar refractivity (Wildman–Crippen MR) is 102 cm³/mol. The largest absolute Gasteiger partial charge is 0.505 e. The summed E-state index contributed by atoms with van der Waals surface area (Å²) in [6.07, 6.45) is 3.23. The minimum absolute atomic E-state index is 0.413. The van der Waals surface area contributed by atoms with Gasteiger partial charge < -0.3 is 33.6 Å². The van der Waals surface area contributed by atoms with Crippen LogP contribution in [-0.2, 0) is 9.24 Å². The maximum absolute atomic E-state index is 12.5. The Labute approximate surface area is 170 Å². The van der Waals surface area contributed by atoms with Crippen LogP contribution in [-0.4, -0.2) is 37.7 Å². The summed E-state index contributed by atoms with van der Waals surface area (Å²) < 4.78 is 59.8. The van der Waals surface area contributed by atoms with Crippen LogP contribution in [0.3, 0.4) is 0 Å². The molecule has 9 nitrogen and oxygen atoms in total. The van der Waals surface area contributed by atoms with Crippen LogP contribution in [0, 0.1) is 0 Å². The molecule has 30 heavy (non-hydrogen) atoms.